The van der Waals surface area contributed by atoms with Crippen molar-refractivity contribution >= 4 is 45.3 Å². The summed E-state index contributed by atoms with van der Waals surface area (Å²) in [4.78, 5) is 26.5. The Hall–Kier alpha value is -2.38. The molecule has 110 valence electrons. The number of benzene rings is 1. The summed E-state index contributed by atoms with van der Waals surface area (Å²) in [6.07, 6.45) is 3.01. The van der Waals surface area contributed by atoms with E-state index in [1.165, 1.54) is 24.5 Å². The maximum atomic E-state index is 11.9. The molecule has 2 aromatic rings. The minimum absolute atomic E-state index is 0.0371. The van der Waals surface area contributed by atoms with Gasteiger partial charge in [0.1, 0.15) is 21.5 Å². The summed E-state index contributed by atoms with van der Waals surface area (Å²) < 4.78 is 5.14. The Kier molecular flexibility index (Phi) is 3.82. The van der Waals surface area contributed by atoms with Gasteiger partial charge in [0.05, 0.1) is 11.2 Å². The van der Waals surface area contributed by atoms with Crippen LogP contribution < -0.4 is 0 Å². The molecule has 3 rings (SSSR count). The Morgan fingerprint density at radius 3 is 2.86 bits per heavy atom. The summed E-state index contributed by atoms with van der Waals surface area (Å²) in [6, 6.07) is 7.70. The first kappa shape index (κ1) is 14.6. The van der Waals surface area contributed by atoms with Crippen molar-refractivity contribution in [2.45, 2.75) is 0 Å². The molecule has 0 unspecified atom stereocenters. The molecular weight excluding hydrogens is 328 g/mol. The SMILES string of the molecule is O=C1SC(c2ccc(Cl)c([N+](=O)[O-])c2)=N/C1=C\c1ccco1. The number of nitro benzene ring substituents is 1. The van der Waals surface area contributed by atoms with E-state index in [4.69, 9.17) is 16.0 Å². The maximum absolute atomic E-state index is 11.9. The van der Waals surface area contributed by atoms with E-state index in [9.17, 15) is 14.9 Å². The van der Waals surface area contributed by atoms with Gasteiger partial charge in [-0.25, -0.2) is 4.99 Å². The summed E-state index contributed by atoms with van der Waals surface area (Å²) in [6.45, 7) is 0. The third-order valence-electron chi connectivity index (χ3n) is 2.83. The van der Waals surface area contributed by atoms with Crippen molar-refractivity contribution in [3.63, 3.8) is 0 Å². The smallest absolute Gasteiger partial charge is 0.288 e. The number of carbonyl (C=O) groups is 1. The van der Waals surface area contributed by atoms with Crippen LogP contribution in [0.5, 0.6) is 0 Å². The zero-order valence-corrected chi connectivity index (χ0v) is 12.4. The van der Waals surface area contributed by atoms with Gasteiger partial charge in [-0.2, -0.15) is 0 Å². The number of hydrogen-bond acceptors (Lipinski definition) is 6. The average molecular weight is 335 g/mol. The molecule has 0 bridgehead atoms. The number of furan rings is 1. The number of hydrogen-bond donors (Lipinski definition) is 0. The van der Waals surface area contributed by atoms with Gasteiger partial charge in [-0.15, -0.1) is 0 Å². The van der Waals surface area contributed by atoms with Crippen LogP contribution in [0, 0.1) is 10.1 Å². The molecule has 0 saturated heterocycles. The minimum atomic E-state index is -0.576. The van der Waals surface area contributed by atoms with Crippen LogP contribution in [-0.2, 0) is 4.79 Å². The monoisotopic (exact) mass is 334 g/mol. The van der Waals surface area contributed by atoms with Gasteiger partial charge < -0.3 is 4.42 Å². The number of aliphatic imine (C=N–C) groups is 1. The molecule has 0 N–H and O–H groups in total. The number of nitrogens with zero attached hydrogens (tertiary/aromatic N) is 2. The molecule has 0 spiro atoms. The van der Waals surface area contributed by atoms with Crippen molar-refractivity contribution in [2.75, 3.05) is 0 Å². The van der Waals surface area contributed by atoms with Crippen LogP contribution in [0.15, 0.2) is 51.7 Å². The van der Waals surface area contributed by atoms with Crippen LogP contribution in [0.25, 0.3) is 6.08 Å². The average Bonchev–Trinajstić information content (AvgIpc) is 3.10. The normalized spacial score (nSPS) is 16.1. The molecule has 1 aromatic carbocycles. The molecule has 8 heteroatoms. The topological polar surface area (TPSA) is 85.7 Å². The van der Waals surface area contributed by atoms with Gasteiger partial charge in [0.25, 0.3) is 5.69 Å². The molecule has 1 aliphatic heterocycles. The van der Waals surface area contributed by atoms with Crippen LogP contribution in [0.4, 0.5) is 5.69 Å². The standard InChI is InChI=1S/C14H7ClN2O4S/c15-10-4-3-8(6-12(10)17(19)20)13-16-11(14(18)22-13)7-9-2-1-5-21-9/h1-7H/b11-7-. The van der Waals surface area contributed by atoms with E-state index < -0.39 is 4.92 Å². The second kappa shape index (κ2) is 5.78. The van der Waals surface area contributed by atoms with Crippen molar-refractivity contribution < 1.29 is 14.1 Å². The Bertz CT molecular complexity index is 827. The molecule has 2 heterocycles. The fraction of sp³-hybridized carbons (Fsp3) is 0. The van der Waals surface area contributed by atoms with Gasteiger partial charge in [0.2, 0.25) is 5.12 Å². The molecule has 0 aliphatic carbocycles. The Morgan fingerprint density at radius 1 is 1.36 bits per heavy atom. The van der Waals surface area contributed by atoms with Crippen LogP contribution in [0.2, 0.25) is 5.02 Å². The van der Waals surface area contributed by atoms with E-state index in [-0.39, 0.29) is 21.5 Å². The second-order valence-electron chi connectivity index (χ2n) is 4.27. The zero-order valence-electron chi connectivity index (χ0n) is 10.9. The lowest BCUT2D eigenvalue weighted by Crippen LogP contribution is -1.96. The van der Waals surface area contributed by atoms with E-state index in [0.717, 1.165) is 11.8 Å². The van der Waals surface area contributed by atoms with E-state index in [1.54, 1.807) is 18.2 Å². The van der Waals surface area contributed by atoms with Crippen molar-refractivity contribution in [3.8, 4) is 0 Å². The molecular formula is C14H7ClN2O4S. The molecule has 22 heavy (non-hydrogen) atoms. The van der Waals surface area contributed by atoms with Crippen molar-refractivity contribution in [3.05, 3.63) is 68.8 Å². The van der Waals surface area contributed by atoms with Gasteiger partial charge in [0, 0.05) is 17.7 Å². The molecule has 0 radical (unpaired) electrons. The second-order valence-corrected chi connectivity index (χ2v) is 5.64. The van der Waals surface area contributed by atoms with Crippen molar-refractivity contribution in [2.24, 2.45) is 4.99 Å². The molecule has 0 amide bonds. The minimum Gasteiger partial charge on any atom is -0.465 e. The largest absolute Gasteiger partial charge is 0.465 e. The Labute approximate surface area is 133 Å². The van der Waals surface area contributed by atoms with Crippen molar-refractivity contribution in [1.29, 1.82) is 0 Å². The lowest BCUT2D eigenvalue weighted by molar-refractivity contribution is -0.384. The zero-order chi connectivity index (χ0) is 15.7. The van der Waals surface area contributed by atoms with E-state index >= 15 is 0 Å². The first-order valence-electron chi connectivity index (χ1n) is 6.05. The fourth-order valence-corrected chi connectivity index (χ4v) is 2.79. The predicted molar refractivity (Wildman–Crippen MR) is 83.9 cm³/mol. The third kappa shape index (κ3) is 2.81. The van der Waals surface area contributed by atoms with Crippen LogP contribution in [-0.4, -0.2) is 15.1 Å². The van der Waals surface area contributed by atoms with Gasteiger partial charge in [-0.1, -0.05) is 17.7 Å². The van der Waals surface area contributed by atoms with E-state index in [1.807, 2.05) is 0 Å². The molecule has 1 aliphatic rings. The lowest BCUT2D eigenvalue weighted by Gasteiger charge is -2.00. The number of rotatable bonds is 3. The van der Waals surface area contributed by atoms with Gasteiger partial charge in [-0.3, -0.25) is 14.9 Å². The number of halogens is 1. The summed E-state index contributed by atoms with van der Waals surface area (Å²) in [5, 5.41) is 11.1. The third-order valence-corrected chi connectivity index (χ3v) is 4.07. The first-order valence-corrected chi connectivity index (χ1v) is 7.24. The highest BCUT2D eigenvalue weighted by Crippen LogP contribution is 2.32. The van der Waals surface area contributed by atoms with E-state index in [0.29, 0.717) is 16.4 Å². The molecule has 0 fully saturated rings. The summed E-state index contributed by atoms with van der Waals surface area (Å²) in [5.74, 6) is 0.510. The van der Waals surface area contributed by atoms with Gasteiger partial charge in [0.15, 0.2) is 0 Å². The van der Waals surface area contributed by atoms with Crippen LogP contribution >= 0.6 is 23.4 Å². The Morgan fingerprint density at radius 2 is 2.18 bits per heavy atom. The summed E-state index contributed by atoms with van der Waals surface area (Å²) in [7, 11) is 0. The van der Waals surface area contributed by atoms with Crippen LogP contribution in [0.3, 0.4) is 0 Å². The number of carbonyl (C=O) groups excluding carboxylic acids is 1. The fourth-order valence-electron chi connectivity index (χ4n) is 1.83. The highest BCUT2D eigenvalue weighted by Gasteiger charge is 2.25. The quantitative estimate of drug-likeness (QED) is 0.482. The number of thioether (sulfide) groups is 1. The summed E-state index contributed by atoms with van der Waals surface area (Å²) >= 11 is 6.68. The molecule has 0 saturated carbocycles. The number of nitro groups is 1. The van der Waals surface area contributed by atoms with Crippen LogP contribution in [0.1, 0.15) is 11.3 Å². The maximum Gasteiger partial charge on any atom is 0.288 e. The molecule has 1 aromatic heterocycles. The first-order chi connectivity index (χ1) is 10.5. The van der Waals surface area contributed by atoms with E-state index in [2.05, 4.69) is 4.99 Å². The molecule has 0 atom stereocenters. The van der Waals surface area contributed by atoms with Gasteiger partial charge in [-0.05, 0) is 30.0 Å². The summed E-state index contributed by atoms with van der Waals surface area (Å²) in [5.41, 5.74) is 0.475. The highest BCUT2D eigenvalue weighted by atomic mass is 35.5. The highest BCUT2D eigenvalue weighted by molar-refractivity contribution is 8.27. The van der Waals surface area contributed by atoms with Crippen molar-refractivity contribution in [1.82, 2.24) is 0 Å². The lowest BCUT2D eigenvalue weighted by atomic mass is 10.2. The Balaban J connectivity index is 1.98. The predicted octanol–water partition coefficient (Wildman–Crippen LogP) is 3.90. The van der Waals surface area contributed by atoms with Gasteiger partial charge >= 0.3 is 0 Å². The molecule has 6 nitrogen and oxygen atoms in total.